The van der Waals surface area contributed by atoms with Gasteiger partial charge in [0, 0.05) is 41.3 Å². The molecule has 0 radical (unpaired) electrons. The number of rotatable bonds is 1. The molecule has 0 saturated heterocycles. The van der Waals surface area contributed by atoms with Crippen LogP contribution in [-0.2, 0) is 12.6 Å². The Labute approximate surface area is 106 Å². The van der Waals surface area contributed by atoms with Crippen LogP contribution in [0.3, 0.4) is 0 Å². The van der Waals surface area contributed by atoms with Gasteiger partial charge in [-0.3, -0.25) is 4.98 Å². The van der Waals surface area contributed by atoms with Crippen LogP contribution in [0, 0.1) is 0 Å². The van der Waals surface area contributed by atoms with E-state index in [-0.39, 0.29) is 5.54 Å². The lowest BCUT2D eigenvalue weighted by atomic mass is 9.95. The zero-order valence-corrected chi connectivity index (χ0v) is 10.9. The van der Waals surface area contributed by atoms with Crippen molar-refractivity contribution in [2.75, 3.05) is 0 Å². The fraction of sp³-hybridized carbons (Fsp3) is 0.267. The van der Waals surface area contributed by atoms with Gasteiger partial charge in [-0.25, -0.2) is 0 Å². The standard InChI is InChI=1S/C15H17N3/c1-15(2,16)10-4-5-11-12-9-17-7-6-13(12)18(3)14(11)8-10/h4-9H,16H2,1-3H3. The molecule has 3 heteroatoms. The van der Waals surface area contributed by atoms with Gasteiger partial charge < -0.3 is 10.3 Å². The van der Waals surface area contributed by atoms with E-state index >= 15 is 0 Å². The summed E-state index contributed by atoms with van der Waals surface area (Å²) in [6, 6.07) is 8.47. The molecule has 3 nitrogen and oxygen atoms in total. The number of aromatic nitrogens is 2. The molecule has 18 heavy (non-hydrogen) atoms. The molecule has 3 rings (SSSR count). The van der Waals surface area contributed by atoms with Crippen LogP contribution in [0.15, 0.2) is 36.7 Å². The van der Waals surface area contributed by atoms with Crippen molar-refractivity contribution in [2.24, 2.45) is 12.8 Å². The van der Waals surface area contributed by atoms with Gasteiger partial charge in [0.05, 0.1) is 5.52 Å². The molecule has 2 aromatic heterocycles. The van der Waals surface area contributed by atoms with Gasteiger partial charge in [0.2, 0.25) is 0 Å². The van der Waals surface area contributed by atoms with Crippen LogP contribution >= 0.6 is 0 Å². The second-order valence-electron chi connectivity index (χ2n) is 5.41. The molecule has 3 aromatic rings. The van der Waals surface area contributed by atoms with Crippen molar-refractivity contribution in [2.45, 2.75) is 19.4 Å². The second-order valence-corrected chi connectivity index (χ2v) is 5.41. The zero-order chi connectivity index (χ0) is 12.9. The number of nitrogens with two attached hydrogens (primary N) is 1. The van der Waals surface area contributed by atoms with Crippen molar-refractivity contribution in [1.82, 2.24) is 9.55 Å². The number of nitrogens with zero attached hydrogens (tertiary/aromatic N) is 2. The van der Waals surface area contributed by atoms with Crippen molar-refractivity contribution in [3.05, 3.63) is 42.2 Å². The summed E-state index contributed by atoms with van der Waals surface area (Å²) in [7, 11) is 2.08. The highest BCUT2D eigenvalue weighted by atomic mass is 14.9. The number of aryl methyl sites for hydroxylation is 1. The molecule has 0 saturated carbocycles. The van der Waals surface area contributed by atoms with Gasteiger partial charge >= 0.3 is 0 Å². The van der Waals surface area contributed by atoms with Crippen LogP contribution < -0.4 is 5.73 Å². The molecule has 0 spiro atoms. The first-order chi connectivity index (χ1) is 8.48. The molecule has 92 valence electrons. The summed E-state index contributed by atoms with van der Waals surface area (Å²) in [5.41, 5.74) is 9.40. The Balaban J connectivity index is 2.42. The van der Waals surface area contributed by atoms with Gasteiger partial charge in [0.15, 0.2) is 0 Å². The minimum atomic E-state index is -0.317. The lowest BCUT2D eigenvalue weighted by molar-refractivity contribution is 0.555. The third-order valence-corrected chi connectivity index (χ3v) is 3.55. The summed E-state index contributed by atoms with van der Waals surface area (Å²) >= 11 is 0. The van der Waals surface area contributed by atoms with Gasteiger partial charge in [0.1, 0.15) is 0 Å². The van der Waals surface area contributed by atoms with Crippen LogP contribution in [0.2, 0.25) is 0 Å². The summed E-state index contributed by atoms with van der Waals surface area (Å²) < 4.78 is 2.20. The van der Waals surface area contributed by atoms with E-state index in [1.54, 1.807) is 0 Å². The largest absolute Gasteiger partial charge is 0.344 e. The van der Waals surface area contributed by atoms with Crippen molar-refractivity contribution < 1.29 is 0 Å². The topological polar surface area (TPSA) is 43.8 Å². The first-order valence-corrected chi connectivity index (χ1v) is 6.10. The Morgan fingerprint density at radius 1 is 1.11 bits per heavy atom. The number of pyridine rings is 1. The van der Waals surface area contributed by atoms with E-state index < -0.39 is 0 Å². The average Bonchev–Trinajstić information content (AvgIpc) is 2.63. The molecule has 0 unspecified atom stereocenters. The Morgan fingerprint density at radius 3 is 2.61 bits per heavy atom. The minimum absolute atomic E-state index is 0.317. The molecule has 0 fully saturated rings. The Hall–Kier alpha value is -1.87. The lowest BCUT2D eigenvalue weighted by Crippen LogP contribution is -2.28. The second kappa shape index (κ2) is 3.56. The van der Waals surface area contributed by atoms with Gasteiger partial charge in [-0.1, -0.05) is 12.1 Å². The molecule has 1 aromatic carbocycles. The van der Waals surface area contributed by atoms with Gasteiger partial charge in [-0.2, -0.15) is 0 Å². The normalized spacial score (nSPS) is 12.4. The van der Waals surface area contributed by atoms with Crippen LogP contribution in [0.4, 0.5) is 0 Å². The Kier molecular flexibility index (Phi) is 2.22. The molecule has 0 bridgehead atoms. The number of benzene rings is 1. The van der Waals surface area contributed by atoms with Crippen molar-refractivity contribution in [3.63, 3.8) is 0 Å². The molecule has 0 aliphatic rings. The minimum Gasteiger partial charge on any atom is -0.344 e. The highest BCUT2D eigenvalue weighted by Gasteiger charge is 2.16. The maximum absolute atomic E-state index is 6.17. The quantitative estimate of drug-likeness (QED) is 0.709. The summed E-state index contributed by atoms with van der Waals surface area (Å²) in [6.45, 7) is 4.05. The molecule has 0 amide bonds. The highest BCUT2D eigenvalue weighted by Crippen LogP contribution is 2.30. The van der Waals surface area contributed by atoms with Crippen LogP contribution in [0.5, 0.6) is 0 Å². The van der Waals surface area contributed by atoms with Crippen LogP contribution in [0.25, 0.3) is 21.8 Å². The zero-order valence-electron chi connectivity index (χ0n) is 10.9. The summed E-state index contributed by atoms with van der Waals surface area (Å²) in [5, 5.41) is 2.42. The van der Waals surface area contributed by atoms with E-state index in [4.69, 9.17) is 5.73 Å². The van der Waals surface area contributed by atoms with Crippen molar-refractivity contribution >= 4 is 21.8 Å². The van der Waals surface area contributed by atoms with E-state index in [1.165, 1.54) is 21.8 Å². The maximum Gasteiger partial charge on any atom is 0.0519 e. The predicted octanol–water partition coefficient (Wildman–Crippen LogP) is 2.92. The smallest absolute Gasteiger partial charge is 0.0519 e. The Morgan fingerprint density at radius 2 is 1.89 bits per heavy atom. The van der Waals surface area contributed by atoms with Crippen LogP contribution in [-0.4, -0.2) is 9.55 Å². The van der Waals surface area contributed by atoms with E-state index in [0.29, 0.717) is 0 Å². The van der Waals surface area contributed by atoms with E-state index in [2.05, 4.69) is 34.8 Å². The predicted molar refractivity (Wildman–Crippen MR) is 75.4 cm³/mol. The summed E-state index contributed by atoms with van der Waals surface area (Å²) in [5.74, 6) is 0. The maximum atomic E-state index is 6.17. The Bertz CT molecular complexity index is 732. The number of hydrogen-bond acceptors (Lipinski definition) is 2. The van der Waals surface area contributed by atoms with Crippen molar-refractivity contribution in [1.29, 1.82) is 0 Å². The first-order valence-electron chi connectivity index (χ1n) is 6.10. The molecule has 0 aliphatic heterocycles. The third-order valence-electron chi connectivity index (χ3n) is 3.55. The molecule has 0 aliphatic carbocycles. The first kappa shape index (κ1) is 11.2. The number of hydrogen-bond donors (Lipinski definition) is 1. The third kappa shape index (κ3) is 1.51. The van der Waals surface area contributed by atoms with Gasteiger partial charge in [-0.15, -0.1) is 0 Å². The van der Waals surface area contributed by atoms with Crippen molar-refractivity contribution in [3.8, 4) is 0 Å². The van der Waals surface area contributed by atoms with Crippen LogP contribution in [0.1, 0.15) is 19.4 Å². The SMILES string of the molecule is Cn1c2ccncc2c2ccc(C(C)(C)N)cc21. The average molecular weight is 239 g/mol. The van der Waals surface area contributed by atoms with Gasteiger partial charge in [-0.05, 0) is 31.5 Å². The highest BCUT2D eigenvalue weighted by molar-refractivity contribution is 6.07. The molecule has 2 N–H and O–H groups in total. The monoisotopic (exact) mass is 239 g/mol. The molecule has 2 heterocycles. The van der Waals surface area contributed by atoms with E-state index in [0.717, 1.165) is 5.56 Å². The van der Waals surface area contributed by atoms with E-state index in [9.17, 15) is 0 Å². The molecular formula is C15H17N3. The fourth-order valence-corrected chi connectivity index (χ4v) is 2.45. The van der Waals surface area contributed by atoms with E-state index in [1.807, 2.05) is 32.3 Å². The lowest BCUT2D eigenvalue weighted by Gasteiger charge is -2.19. The molecule has 0 atom stereocenters. The van der Waals surface area contributed by atoms with Gasteiger partial charge in [0.25, 0.3) is 0 Å². The summed E-state index contributed by atoms with van der Waals surface area (Å²) in [6.07, 6.45) is 3.75. The summed E-state index contributed by atoms with van der Waals surface area (Å²) in [4.78, 5) is 4.21. The molecular weight excluding hydrogens is 222 g/mol. The number of fused-ring (bicyclic) bond motifs is 3. The fourth-order valence-electron chi connectivity index (χ4n) is 2.45.